The van der Waals surface area contributed by atoms with E-state index in [1.165, 1.54) is 44.9 Å². The highest BCUT2D eigenvalue weighted by atomic mass is 31.2. The Morgan fingerprint density at radius 2 is 0.510 bits per heavy atom. The lowest BCUT2D eigenvalue weighted by Gasteiger charge is -2.21. The van der Waals surface area contributed by atoms with Gasteiger partial charge in [0.2, 0.25) is 0 Å². The number of unbranched alkanes of at least 4 members (excludes halogenated alkanes) is 28. The third-order valence-electron chi connectivity index (χ3n) is 16.4. The zero-order valence-electron chi connectivity index (χ0n) is 64.0. The van der Waals surface area contributed by atoms with Gasteiger partial charge >= 0.3 is 39.5 Å². The number of carbonyl (C=O) groups excluding carboxylic acids is 4. The van der Waals surface area contributed by atoms with E-state index in [0.29, 0.717) is 25.7 Å². The third-order valence-corrected chi connectivity index (χ3v) is 18.3. The molecule has 0 spiro atoms. The number of hydrogen-bond acceptors (Lipinski definition) is 15. The molecule has 0 aliphatic rings. The molecular weight excluding hydrogens is 1330 g/mol. The van der Waals surface area contributed by atoms with Gasteiger partial charge in [0.25, 0.3) is 0 Å². The fraction of sp³-hybridized carbons (Fsp3) is 0.711. The highest BCUT2D eigenvalue weighted by Crippen LogP contribution is 2.45. The lowest BCUT2D eigenvalue weighted by atomic mass is 10.1. The number of hydrogen-bond donors (Lipinski definition) is 3. The van der Waals surface area contributed by atoms with Crippen LogP contribution < -0.4 is 0 Å². The molecule has 102 heavy (non-hydrogen) atoms. The van der Waals surface area contributed by atoms with Crippen LogP contribution in [-0.2, 0) is 65.4 Å². The van der Waals surface area contributed by atoms with Crippen molar-refractivity contribution < 1.29 is 80.2 Å². The Hall–Kier alpha value is -4.54. The van der Waals surface area contributed by atoms with E-state index in [4.69, 9.17) is 37.0 Å². The van der Waals surface area contributed by atoms with Gasteiger partial charge in [0, 0.05) is 25.7 Å². The lowest BCUT2D eigenvalue weighted by Crippen LogP contribution is -2.30. The number of ether oxygens (including phenoxy) is 4. The molecule has 0 amide bonds. The van der Waals surface area contributed by atoms with E-state index >= 15 is 0 Å². The predicted molar refractivity (Wildman–Crippen MR) is 418 cm³/mol. The first kappa shape index (κ1) is 97.5. The molecule has 586 valence electrons. The molecule has 5 unspecified atom stereocenters. The van der Waals surface area contributed by atoms with Crippen molar-refractivity contribution in [2.45, 2.75) is 341 Å². The maximum atomic E-state index is 13.1. The SMILES string of the molecule is CC/C=C\C/C=C\C/C=C\C/C=C\CCCCCCCCC(=O)OCC(COP(=O)(O)OCC(O)COP(=O)(O)OCC(COC(=O)CCCCCCC/C=C\C/C=C\CCCCC)OC(=O)CCCCCCC/C=C\CCCCCC)OC(=O)CCCCCCC/C=C\C/C=C\C/C=C\CC. The van der Waals surface area contributed by atoms with E-state index in [0.717, 1.165) is 199 Å². The Morgan fingerprint density at radius 1 is 0.284 bits per heavy atom. The average Bonchev–Trinajstić information content (AvgIpc) is 0.924. The number of aliphatic hydroxyl groups is 1. The standard InChI is InChI=1S/C83H142O17P2/c1-5-9-13-17-21-25-29-33-36-37-38-39-42-45-48-52-56-60-64-68-81(86)94-74-79(100-83(88)70-66-62-58-54-50-46-41-35-31-27-23-19-15-11-7-3)76-98-102(91,92)96-72-77(84)71-95-101(89,90)97-75-78(99-82(87)69-65-61-57-53-49-43-32-28-24-20-16-12-8-4)73-93-80(85)67-63-59-55-51-47-44-40-34-30-26-22-18-14-10-6-2/h9,11,13,15,21-23,25-28,32-36,38-41,77-79,84H,5-8,10,12,14,16-20,24,29-31,37,42-76H2,1-4H3,(H,89,90)(H,91,92)/b13-9-,15-11-,25-21-,26-22-,27-23-,32-28-,36-33-,39-38-,40-34-,41-35-. The number of aliphatic hydroxyl groups excluding tert-OH is 1. The van der Waals surface area contributed by atoms with Gasteiger partial charge in [-0.25, -0.2) is 9.13 Å². The van der Waals surface area contributed by atoms with E-state index in [-0.39, 0.29) is 25.7 Å². The first-order valence-electron chi connectivity index (χ1n) is 39.8. The Labute approximate surface area is 619 Å². The van der Waals surface area contributed by atoms with E-state index in [2.05, 4.69) is 149 Å². The van der Waals surface area contributed by atoms with Gasteiger partial charge in [0.05, 0.1) is 26.4 Å². The summed E-state index contributed by atoms with van der Waals surface area (Å²) in [5, 5.41) is 10.6. The fourth-order valence-electron chi connectivity index (χ4n) is 10.4. The number of esters is 4. The van der Waals surface area contributed by atoms with E-state index in [9.17, 15) is 43.2 Å². The van der Waals surface area contributed by atoms with Gasteiger partial charge in [0.15, 0.2) is 12.2 Å². The average molecular weight is 1470 g/mol. The molecule has 0 radical (unpaired) electrons. The molecule has 0 aliphatic heterocycles. The quantitative estimate of drug-likeness (QED) is 0.0169. The zero-order valence-corrected chi connectivity index (χ0v) is 65.8. The summed E-state index contributed by atoms with van der Waals surface area (Å²) in [5.41, 5.74) is 0. The largest absolute Gasteiger partial charge is 0.472 e. The summed E-state index contributed by atoms with van der Waals surface area (Å²) in [4.78, 5) is 73.0. The number of phosphoric ester groups is 2. The molecule has 17 nitrogen and oxygen atoms in total. The number of allylic oxidation sites excluding steroid dienone is 20. The van der Waals surface area contributed by atoms with Crippen molar-refractivity contribution in [1.82, 2.24) is 0 Å². The van der Waals surface area contributed by atoms with Crippen molar-refractivity contribution >= 4 is 39.5 Å². The second-order valence-electron chi connectivity index (χ2n) is 26.2. The molecule has 19 heteroatoms. The molecule has 3 N–H and O–H groups in total. The lowest BCUT2D eigenvalue weighted by molar-refractivity contribution is -0.161. The van der Waals surface area contributed by atoms with E-state index in [1.807, 2.05) is 0 Å². The second kappa shape index (κ2) is 74.7. The minimum absolute atomic E-state index is 0.0695. The van der Waals surface area contributed by atoms with Gasteiger partial charge in [-0.05, 0) is 154 Å². The van der Waals surface area contributed by atoms with E-state index < -0.39 is 97.5 Å². The summed E-state index contributed by atoms with van der Waals surface area (Å²) >= 11 is 0. The van der Waals surface area contributed by atoms with Crippen molar-refractivity contribution in [2.24, 2.45) is 0 Å². The van der Waals surface area contributed by atoms with Gasteiger partial charge in [-0.2, -0.15) is 0 Å². The Bertz CT molecular complexity index is 2410. The molecule has 0 aromatic heterocycles. The molecule has 5 atom stereocenters. The van der Waals surface area contributed by atoms with Crippen LogP contribution in [0.15, 0.2) is 122 Å². The van der Waals surface area contributed by atoms with Crippen molar-refractivity contribution in [2.75, 3.05) is 39.6 Å². The first-order chi connectivity index (χ1) is 49.7. The maximum Gasteiger partial charge on any atom is 0.472 e. The molecular formula is C83H142O17P2. The highest BCUT2D eigenvalue weighted by molar-refractivity contribution is 7.47. The van der Waals surface area contributed by atoms with Crippen LogP contribution >= 0.6 is 15.6 Å². The Morgan fingerprint density at radius 3 is 0.814 bits per heavy atom. The molecule has 0 aromatic carbocycles. The van der Waals surface area contributed by atoms with Gasteiger partial charge < -0.3 is 33.8 Å². The van der Waals surface area contributed by atoms with Crippen molar-refractivity contribution in [3.63, 3.8) is 0 Å². The summed E-state index contributed by atoms with van der Waals surface area (Å²) in [5.74, 6) is -2.23. The molecule has 0 fully saturated rings. The van der Waals surface area contributed by atoms with Crippen LogP contribution in [0.25, 0.3) is 0 Å². The van der Waals surface area contributed by atoms with Gasteiger partial charge in [-0.1, -0.05) is 265 Å². The summed E-state index contributed by atoms with van der Waals surface area (Å²) in [6.07, 6.45) is 81.7. The highest BCUT2D eigenvalue weighted by Gasteiger charge is 2.30. The zero-order chi connectivity index (χ0) is 74.6. The van der Waals surface area contributed by atoms with Crippen molar-refractivity contribution in [3.05, 3.63) is 122 Å². The Balaban J connectivity index is 5.38. The molecule has 0 saturated heterocycles. The fourth-order valence-corrected chi connectivity index (χ4v) is 11.9. The van der Waals surface area contributed by atoms with Crippen molar-refractivity contribution in [3.8, 4) is 0 Å². The molecule has 0 aliphatic carbocycles. The minimum Gasteiger partial charge on any atom is -0.462 e. The van der Waals surface area contributed by atoms with Crippen LogP contribution in [0.2, 0.25) is 0 Å². The number of carbonyl (C=O) groups is 4. The summed E-state index contributed by atoms with van der Waals surface area (Å²) in [6, 6.07) is 0. The van der Waals surface area contributed by atoms with Crippen LogP contribution in [0, 0.1) is 0 Å². The van der Waals surface area contributed by atoms with Gasteiger partial charge in [0.1, 0.15) is 19.3 Å². The molecule has 0 saturated carbocycles. The van der Waals surface area contributed by atoms with Gasteiger partial charge in [-0.15, -0.1) is 0 Å². The van der Waals surface area contributed by atoms with Crippen LogP contribution in [-0.4, -0.2) is 96.7 Å². The molecule has 0 aromatic rings. The molecule has 0 rings (SSSR count). The van der Waals surface area contributed by atoms with Crippen LogP contribution in [0.3, 0.4) is 0 Å². The minimum atomic E-state index is -4.99. The second-order valence-corrected chi connectivity index (χ2v) is 29.1. The number of phosphoric acid groups is 2. The van der Waals surface area contributed by atoms with Gasteiger partial charge in [-0.3, -0.25) is 37.3 Å². The topological polar surface area (TPSA) is 237 Å². The predicted octanol–water partition coefficient (Wildman–Crippen LogP) is 23.1. The normalized spacial score (nSPS) is 14.5. The smallest absolute Gasteiger partial charge is 0.462 e. The summed E-state index contributed by atoms with van der Waals surface area (Å²) < 4.78 is 68.6. The number of rotatable bonds is 74. The van der Waals surface area contributed by atoms with Crippen LogP contribution in [0.5, 0.6) is 0 Å². The summed E-state index contributed by atoms with van der Waals surface area (Å²) in [6.45, 7) is 4.57. The molecule has 0 heterocycles. The summed E-state index contributed by atoms with van der Waals surface area (Å²) in [7, 11) is -9.97. The Kier molecular flexibility index (Phi) is 71.4. The first-order valence-corrected chi connectivity index (χ1v) is 42.8. The van der Waals surface area contributed by atoms with Crippen LogP contribution in [0.1, 0.15) is 323 Å². The monoisotopic (exact) mass is 1470 g/mol. The maximum absolute atomic E-state index is 13.1. The third kappa shape index (κ3) is 73.8. The van der Waals surface area contributed by atoms with Crippen molar-refractivity contribution in [1.29, 1.82) is 0 Å². The van der Waals surface area contributed by atoms with Crippen LogP contribution in [0.4, 0.5) is 0 Å². The van der Waals surface area contributed by atoms with E-state index in [1.54, 1.807) is 0 Å². The molecule has 0 bridgehead atoms.